The number of hydrogen-bond acceptors (Lipinski definition) is 4. The maximum atomic E-state index is 16.0. The van der Waals surface area contributed by atoms with E-state index in [2.05, 4.69) is 0 Å². The lowest BCUT2D eigenvalue weighted by Crippen LogP contribution is -2.67. The minimum atomic E-state index is -3.43. The molecule has 0 radical (unpaired) electrons. The van der Waals surface area contributed by atoms with E-state index in [1.54, 1.807) is 5.32 Å². The molecule has 3 aliphatic carbocycles. The first-order valence-electron chi connectivity index (χ1n) is 12.8. The average Bonchev–Trinajstić information content (AvgIpc) is 2.93. The van der Waals surface area contributed by atoms with Crippen LogP contribution in [0.5, 0.6) is 0 Å². The molecule has 3 aliphatic rings. The number of carbonyl (C=O) groups excluding carboxylic acids is 2. The fourth-order valence-corrected chi connectivity index (χ4v) is 6.80. The predicted octanol–water partition coefficient (Wildman–Crippen LogP) is 2.41. The Morgan fingerprint density at radius 2 is 0.976 bits per heavy atom. The summed E-state index contributed by atoms with van der Waals surface area (Å²) in [7, 11) is 0.864. The Morgan fingerprint density at radius 3 is 1.36 bits per heavy atom. The fourth-order valence-electron chi connectivity index (χ4n) is 6.42. The number of hydrogen-bond donors (Lipinski definition) is 4. The van der Waals surface area contributed by atoms with Crippen LogP contribution in [-0.2, 0) is 19.2 Å². The van der Waals surface area contributed by atoms with Crippen LogP contribution in [0.4, 0.5) is 39.5 Å². The van der Waals surface area contributed by atoms with Gasteiger partial charge in [-0.2, -0.15) is 0 Å². The normalized spacial score (nSPS) is 49.5. The van der Waals surface area contributed by atoms with Gasteiger partial charge < -0.3 is 20.8 Å². The van der Waals surface area contributed by atoms with Crippen molar-refractivity contribution in [2.75, 3.05) is 7.05 Å². The van der Waals surface area contributed by atoms with Crippen molar-refractivity contribution in [1.29, 1.82) is 0 Å². The highest BCUT2D eigenvalue weighted by atomic mass is 35.5. The summed E-state index contributed by atoms with van der Waals surface area (Å²) in [5.74, 6) is -26.7. The number of halogens is 10. The van der Waals surface area contributed by atoms with Crippen molar-refractivity contribution in [2.24, 2.45) is 41.4 Å². The third-order valence-electron chi connectivity index (χ3n) is 8.70. The van der Waals surface area contributed by atoms with Crippen LogP contribution in [0.25, 0.3) is 0 Å². The maximum absolute atomic E-state index is 16.0. The van der Waals surface area contributed by atoms with E-state index < -0.39 is 132 Å². The molecule has 2 amide bonds. The van der Waals surface area contributed by atoms with Crippen molar-refractivity contribution in [1.82, 2.24) is 10.6 Å². The first-order valence-corrected chi connectivity index (χ1v) is 13.2. The molecule has 4 N–H and O–H groups in total. The summed E-state index contributed by atoms with van der Waals surface area (Å²) in [5.41, 5.74) is 0. The number of nitrogens with one attached hydrogen (secondary N) is 2. The first-order chi connectivity index (χ1) is 19.4. The third-order valence-corrected chi connectivity index (χ3v) is 9.18. The first kappa shape index (κ1) is 34.0. The van der Waals surface area contributed by atoms with E-state index in [4.69, 9.17) is 11.6 Å². The Bertz CT molecular complexity index is 1050. The second-order valence-electron chi connectivity index (χ2n) is 10.9. The number of aliphatic carboxylic acids is 2. The summed E-state index contributed by atoms with van der Waals surface area (Å²) < 4.78 is 136. The highest BCUT2D eigenvalue weighted by Crippen LogP contribution is 2.51. The Hall–Kier alpha value is -2.46. The molecule has 3 rings (SSSR count). The summed E-state index contributed by atoms with van der Waals surface area (Å²) in [6.07, 6.45) is -27.5. The van der Waals surface area contributed by atoms with E-state index in [1.165, 1.54) is 0 Å². The van der Waals surface area contributed by atoms with Gasteiger partial charge in [-0.25, -0.2) is 39.5 Å². The average molecular weight is 647 g/mol. The molecule has 0 saturated heterocycles. The van der Waals surface area contributed by atoms with Gasteiger partial charge in [0.2, 0.25) is 11.8 Å². The lowest BCUT2D eigenvalue weighted by atomic mass is 9.59. The lowest BCUT2D eigenvalue weighted by Gasteiger charge is -2.49. The molecule has 0 bridgehead atoms. The van der Waals surface area contributed by atoms with Crippen LogP contribution in [0, 0.1) is 41.4 Å². The number of amides is 2. The van der Waals surface area contributed by atoms with Crippen LogP contribution in [0.15, 0.2) is 0 Å². The quantitative estimate of drug-likeness (QED) is 0.259. The molecule has 0 spiro atoms. The van der Waals surface area contributed by atoms with Crippen molar-refractivity contribution in [3.8, 4) is 0 Å². The van der Waals surface area contributed by atoms with E-state index in [0.29, 0.717) is 0 Å². The molecular weight excluding hydrogens is 619 g/mol. The monoisotopic (exact) mass is 646 g/mol. The highest BCUT2D eigenvalue weighted by Gasteiger charge is 2.67. The molecular formula is C24H28ClF9N2O6. The smallest absolute Gasteiger partial charge is 0.310 e. The van der Waals surface area contributed by atoms with Crippen LogP contribution in [0.3, 0.4) is 0 Å². The predicted molar refractivity (Wildman–Crippen MR) is 125 cm³/mol. The lowest BCUT2D eigenvalue weighted by molar-refractivity contribution is -0.185. The minimum Gasteiger partial charge on any atom is -0.481 e. The molecule has 3 fully saturated rings. The number of carbonyl (C=O) groups is 4. The van der Waals surface area contributed by atoms with Crippen molar-refractivity contribution < 1.29 is 68.9 Å². The molecule has 0 aromatic rings. The molecule has 3 saturated carbocycles. The largest absolute Gasteiger partial charge is 0.481 e. The van der Waals surface area contributed by atoms with Gasteiger partial charge in [-0.1, -0.05) is 6.92 Å². The molecule has 18 atom stereocenters. The topological polar surface area (TPSA) is 133 Å². The zero-order chi connectivity index (χ0) is 32.1. The second-order valence-corrected chi connectivity index (χ2v) is 11.4. The Morgan fingerprint density at radius 1 is 0.571 bits per heavy atom. The highest BCUT2D eigenvalue weighted by molar-refractivity contribution is 6.21. The standard InChI is InChI=1S/C24H28ClF9N2O6/c1-3-11(26)10(25)19(34)20(12(3)27)36-22(38)7-9(24(41)42)18(33)16(31)5(14(7)29)4-13(28)6(21(37)35-2)8(23(39)40)17(32)15(4)30/h3-20H,1-2H3,(H,35,37)(H,36,38)(H,39,40)(H,41,42). The van der Waals surface area contributed by atoms with Gasteiger partial charge in [-0.3, -0.25) is 19.2 Å². The third kappa shape index (κ3) is 5.49. The van der Waals surface area contributed by atoms with Gasteiger partial charge in [0.25, 0.3) is 0 Å². The summed E-state index contributed by atoms with van der Waals surface area (Å²) in [5, 5.41) is 20.1. The van der Waals surface area contributed by atoms with Gasteiger partial charge in [-0.15, -0.1) is 11.6 Å². The van der Waals surface area contributed by atoms with E-state index in [1.807, 2.05) is 5.32 Å². The number of carboxylic acids is 2. The molecule has 0 heterocycles. The molecule has 42 heavy (non-hydrogen) atoms. The maximum Gasteiger partial charge on any atom is 0.310 e. The Labute approximate surface area is 237 Å². The Balaban J connectivity index is 2.04. The Kier molecular flexibility index (Phi) is 10.2. The molecule has 240 valence electrons. The van der Waals surface area contributed by atoms with Crippen molar-refractivity contribution in [3.05, 3.63) is 0 Å². The van der Waals surface area contributed by atoms with Crippen molar-refractivity contribution >= 4 is 35.4 Å². The second kappa shape index (κ2) is 12.6. The summed E-state index contributed by atoms with van der Waals surface area (Å²) in [4.78, 5) is 48.7. The minimum absolute atomic E-state index is 0.864. The fraction of sp³-hybridized carbons (Fsp3) is 0.833. The SMILES string of the molecule is CNC(=O)C1C(F)C(C2C(F)C(F)C(C(=O)O)C(C(=O)NC3C(F)C(C)C(F)C(Cl)C3F)C2F)C(F)C(F)C1C(=O)O. The van der Waals surface area contributed by atoms with Gasteiger partial charge in [0, 0.05) is 24.8 Å². The molecule has 18 unspecified atom stereocenters. The zero-order valence-corrected chi connectivity index (χ0v) is 22.5. The van der Waals surface area contributed by atoms with Gasteiger partial charge in [0.1, 0.15) is 67.4 Å². The van der Waals surface area contributed by atoms with Gasteiger partial charge in [0.05, 0.1) is 23.3 Å². The van der Waals surface area contributed by atoms with E-state index in [9.17, 15) is 47.0 Å². The summed E-state index contributed by atoms with van der Waals surface area (Å²) >= 11 is 5.61. The van der Waals surface area contributed by atoms with Crippen molar-refractivity contribution in [2.45, 2.75) is 73.9 Å². The van der Waals surface area contributed by atoms with Gasteiger partial charge >= 0.3 is 11.9 Å². The number of alkyl halides is 10. The zero-order valence-electron chi connectivity index (χ0n) is 21.7. The van der Waals surface area contributed by atoms with Crippen LogP contribution in [0.1, 0.15) is 6.92 Å². The van der Waals surface area contributed by atoms with E-state index >= 15 is 22.0 Å². The molecule has 0 aliphatic heterocycles. The summed E-state index contributed by atoms with van der Waals surface area (Å²) in [6.45, 7) is 0.947. The van der Waals surface area contributed by atoms with Crippen LogP contribution in [0.2, 0.25) is 0 Å². The number of rotatable bonds is 6. The molecule has 18 heteroatoms. The van der Waals surface area contributed by atoms with Crippen LogP contribution < -0.4 is 10.6 Å². The van der Waals surface area contributed by atoms with Crippen molar-refractivity contribution in [3.63, 3.8) is 0 Å². The van der Waals surface area contributed by atoms with Gasteiger partial charge in [0.15, 0.2) is 0 Å². The molecule has 8 nitrogen and oxygen atoms in total. The molecule has 0 aromatic carbocycles. The molecule has 0 aromatic heterocycles. The summed E-state index contributed by atoms with van der Waals surface area (Å²) in [6, 6.07) is -2.33. The van der Waals surface area contributed by atoms with Crippen LogP contribution >= 0.6 is 11.6 Å². The number of carboxylic acid groups (broad SMARTS) is 2. The van der Waals surface area contributed by atoms with E-state index in [0.717, 1.165) is 14.0 Å². The van der Waals surface area contributed by atoms with Gasteiger partial charge in [-0.05, 0) is 0 Å². The van der Waals surface area contributed by atoms with E-state index in [-0.39, 0.29) is 0 Å². The van der Waals surface area contributed by atoms with Crippen LogP contribution in [-0.4, -0.2) is 108 Å².